The molecule has 0 saturated carbocycles. The van der Waals surface area contributed by atoms with Gasteiger partial charge in [0.2, 0.25) is 0 Å². The van der Waals surface area contributed by atoms with Crippen LogP contribution in [0.3, 0.4) is 0 Å². The van der Waals surface area contributed by atoms with Gasteiger partial charge in [-0.2, -0.15) is 0 Å². The van der Waals surface area contributed by atoms with Crippen molar-refractivity contribution in [1.82, 2.24) is 19.8 Å². The Hall–Kier alpha value is -2.91. The quantitative estimate of drug-likeness (QED) is 0.432. The average Bonchev–Trinajstić information content (AvgIpc) is 3.20. The molecule has 0 atom stereocenters. The van der Waals surface area contributed by atoms with E-state index in [1.807, 2.05) is 44.7 Å². The van der Waals surface area contributed by atoms with Gasteiger partial charge in [0.15, 0.2) is 0 Å². The number of hydrogen-bond acceptors (Lipinski definition) is 6. The summed E-state index contributed by atoms with van der Waals surface area (Å²) < 4.78 is 7.42. The third-order valence-corrected chi connectivity index (χ3v) is 7.83. The number of carbonyl (C=O) groups is 2. The van der Waals surface area contributed by atoms with Gasteiger partial charge in [-0.1, -0.05) is 11.6 Å². The Morgan fingerprint density at radius 1 is 1.19 bits per heavy atom. The molecule has 10 heteroatoms. The zero-order valence-corrected chi connectivity index (χ0v) is 23.0. The first kappa shape index (κ1) is 25.7. The van der Waals surface area contributed by atoms with Crippen LogP contribution in [0.1, 0.15) is 44.0 Å². The highest BCUT2D eigenvalue weighted by Gasteiger charge is 2.31. The monoisotopic (exact) mass is 541 g/mol. The lowest BCUT2D eigenvalue weighted by Gasteiger charge is -2.31. The lowest BCUT2D eigenvalue weighted by atomic mass is 10.0. The minimum atomic E-state index is -0.569. The number of nitrogens with one attached hydrogen (secondary N) is 1. The fraction of sp³-hybridized carbons (Fsp3) is 0.444. The minimum Gasteiger partial charge on any atom is -0.444 e. The number of pyridine rings is 1. The number of aromatic nitrogens is 2. The van der Waals surface area contributed by atoms with Crippen molar-refractivity contribution < 1.29 is 14.3 Å². The minimum absolute atomic E-state index is 0.203. The topological polar surface area (TPSA) is 79.7 Å². The van der Waals surface area contributed by atoms with Crippen molar-refractivity contribution in [2.24, 2.45) is 0 Å². The van der Waals surface area contributed by atoms with Gasteiger partial charge >= 0.3 is 12.1 Å². The fourth-order valence-corrected chi connectivity index (χ4v) is 6.02. The van der Waals surface area contributed by atoms with Crippen molar-refractivity contribution in [3.05, 3.63) is 58.5 Å². The molecule has 37 heavy (non-hydrogen) atoms. The number of carbonyl (C=O) groups excluding carboxylic acids is 2. The first-order chi connectivity index (χ1) is 17.7. The van der Waals surface area contributed by atoms with Crippen LogP contribution < -0.4 is 10.2 Å². The van der Waals surface area contributed by atoms with E-state index in [0.717, 1.165) is 52.3 Å². The first-order valence-corrected chi connectivity index (χ1v) is 14.1. The normalized spacial score (nSPS) is 16.0. The van der Waals surface area contributed by atoms with Gasteiger partial charge < -0.3 is 19.9 Å². The van der Waals surface area contributed by atoms with Gasteiger partial charge in [0.1, 0.15) is 10.8 Å². The number of halogens is 1. The predicted octanol–water partition coefficient (Wildman–Crippen LogP) is 5.64. The van der Waals surface area contributed by atoms with Crippen LogP contribution in [0.4, 0.5) is 15.3 Å². The summed E-state index contributed by atoms with van der Waals surface area (Å²) in [6.45, 7) is 7.85. The van der Waals surface area contributed by atoms with E-state index >= 15 is 0 Å². The van der Waals surface area contributed by atoms with E-state index in [2.05, 4.69) is 27.3 Å². The number of thioether (sulfide) groups is 1. The van der Waals surface area contributed by atoms with Gasteiger partial charge in [0.05, 0.1) is 17.9 Å². The van der Waals surface area contributed by atoms with Crippen LogP contribution in [0.25, 0.3) is 10.9 Å². The molecule has 1 aromatic carbocycles. The van der Waals surface area contributed by atoms with Gasteiger partial charge in [0, 0.05) is 54.6 Å². The van der Waals surface area contributed by atoms with E-state index < -0.39 is 5.60 Å². The van der Waals surface area contributed by atoms with E-state index in [-0.39, 0.29) is 12.1 Å². The van der Waals surface area contributed by atoms with E-state index in [9.17, 15) is 9.59 Å². The maximum absolute atomic E-state index is 13.5. The molecule has 0 unspecified atom stereocenters. The van der Waals surface area contributed by atoms with Crippen molar-refractivity contribution in [2.45, 2.75) is 52.3 Å². The van der Waals surface area contributed by atoms with Gasteiger partial charge in [-0.3, -0.25) is 4.57 Å². The number of nitrogens with zero attached hydrogens (tertiary/aromatic N) is 4. The van der Waals surface area contributed by atoms with Crippen molar-refractivity contribution in [3.63, 3.8) is 0 Å². The molecule has 0 spiro atoms. The molecule has 8 nitrogen and oxygen atoms in total. The number of rotatable bonds is 3. The average molecular weight is 542 g/mol. The highest BCUT2D eigenvalue weighted by Crippen LogP contribution is 2.35. The van der Waals surface area contributed by atoms with Crippen LogP contribution in [0, 0.1) is 0 Å². The Kier molecular flexibility index (Phi) is 7.27. The zero-order chi connectivity index (χ0) is 26.2. The van der Waals surface area contributed by atoms with Crippen molar-refractivity contribution in [1.29, 1.82) is 0 Å². The second-order valence-corrected chi connectivity index (χ2v) is 11.9. The summed E-state index contributed by atoms with van der Waals surface area (Å²) in [5, 5.41) is 4.42. The van der Waals surface area contributed by atoms with Crippen LogP contribution in [0.2, 0.25) is 5.15 Å². The number of fused-ring (bicyclic) bond motifs is 3. The molecule has 2 aromatic heterocycles. The highest BCUT2D eigenvalue weighted by atomic mass is 35.5. The molecule has 1 fully saturated rings. The Labute approximate surface area is 226 Å². The molecule has 0 aliphatic carbocycles. The second-order valence-electron chi connectivity index (χ2n) is 10.4. The molecule has 3 aromatic rings. The molecule has 0 bridgehead atoms. The third-order valence-electron chi connectivity index (χ3n) is 6.55. The van der Waals surface area contributed by atoms with E-state index in [0.29, 0.717) is 31.2 Å². The summed E-state index contributed by atoms with van der Waals surface area (Å²) in [7, 11) is 0. The Morgan fingerprint density at radius 2 is 2.03 bits per heavy atom. The SMILES string of the molecule is CC(C)(C)OC(=O)N1CCc2c(c3cc(N4CCCSC4)ccc3n2C(=O)NCc2ccnc(Cl)c2)C1. The van der Waals surface area contributed by atoms with E-state index in [1.165, 1.54) is 5.75 Å². The van der Waals surface area contributed by atoms with Crippen LogP contribution in [0.15, 0.2) is 36.5 Å². The molecule has 5 rings (SSSR count). The van der Waals surface area contributed by atoms with Gasteiger partial charge in [-0.25, -0.2) is 14.6 Å². The lowest BCUT2D eigenvalue weighted by Crippen LogP contribution is -2.40. The molecule has 2 amide bonds. The summed E-state index contributed by atoms with van der Waals surface area (Å²) >= 11 is 7.94. The third kappa shape index (κ3) is 5.67. The summed E-state index contributed by atoms with van der Waals surface area (Å²) in [5.74, 6) is 2.13. The van der Waals surface area contributed by atoms with Gasteiger partial charge in [0.25, 0.3) is 0 Å². The number of anilines is 1. The lowest BCUT2D eigenvalue weighted by molar-refractivity contribution is 0.0224. The maximum atomic E-state index is 13.5. The number of ether oxygens (including phenoxy) is 1. The molecular formula is C27H32ClN5O3S. The Morgan fingerprint density at radius 3 is 2.76 bits per heavy atom. The van der Waals surface area contributed by atoms with Crippen molar-refractivity contribution in [2.75, 3.05) is 29.6 Å². The predicted molar refractivity (Wildman–Crippen MR) is 148 cm³/mol. The van der Waals surface area contributed by atoms with Crippen LogP contribution in [-0.4, -0.2) is 56.9 Å². The zero-order valence-electron chi connectivity index (χ0n) is 21.4. The maximum Gasteiger partial charge on any atom is 0.410 e. The van der Waals surface area contributed by atoms with Crippen molar-refractivity contribution >= 4 is 52.1 Å². The molecule has 1 saturated heterocycles. The Balaban J connectivity index is 1.49. The molecule has 2 aliphatic rings. The van der Waals surface area contributed by atoms with Crippen LogP contribution in [0.5, 0.6) is 0 Å². The second kappa shape index (κ2) is 10.5. The highest BCUT2D eigenvalue weighted by molar-refractivity contribution is 7.99. The molecular weight excluding hydrogens is 510 g/mol. The van der Waals surface area contributed by atoms with Gasteiger partial charge in [-0.05, 0) is 68.8 Å². The van der Waals surface area contributed by atoms with Crippen LogP contribution in [-0.2, 0) is 24.2 Å². The summed E-state index contributed by atoms with van der Waals surface area (Å²) in [4.78, 5) is 34.5. The largest absolute Gasteiger partial charge is 0.444 e. The molecule has 0 radical (unpaired) electrons. The summed E-state index contributed by atoms with van der Waals surface area (Å²) in [6, 6.07) is 9.67. The van der Waals surface area contributed by atoms with Crippen molar-refractivity contribution in [3.8, 4) is 0 Å². The number of benzene rings is 1. The summed E-state index contributed by atoms with van der Waals surface area (Å²) in [5.41, 5.74) is 4.22. The number of hydrogen-bond donors (Lipinski definition) is 1. The summed E-state index contributed by atoms with van der Waals surface area (Å²) in [6.07, 6.45) is 3.01. The molecule has 196 valence electrons. The number of amides is 2. The van der Waals surface area contributed by atoms with Crippen LogP contribution >= 0.6 is 23.4 Å². The first-order valence-electron chi connectivity index (χ1n) is 12.5. The Bertz CT molecular complexity index is 1330. The molecule has 2 aliphatic heterocycles. The van der Waals surface area contributed by atoms with E-state index in [4.69, 9.17) is 16.3 Å². The fourth-order valence-electron chi connectivity index (χ4n) is 4.87. The standard InChI is InChI=1S/C27H32ClN5O3S/c1-27(2,3)36-26(35)31-11-8-23-21(16-31)20-14-19(32-10-4-12-37-17-32)5-6-22(20)33(23)25(34)30-15-18-7-9-29-24(28)13-18/h5-7,9,13-14H,4,8,10-12,15-17H2,1-3H3,(H,30,34). The molecule has 4 heterocycles. The van der Waals surface area contributed by atoms with E-state index in [1.54, 1.807) is 21.7 Å². The van der Waals surface area contributed by atoms with Gasteiger partial charge in [-0.15, -0.1) is 11.8 Å². The smallest absolute Gasteiger partial charge is 0.410 e. The molecule has 1 N–H and O–H groups in total.